The molecule has 2 nitrogen and oxygen atoms in total. The number of aromatic amines is 1. The number of hydrogen-bond acceptors (Lipinski definition) is 2. The number of aromatic nitrogens is 1. The minimum absolute atomic E-state index is 0.179. The first-order chi connectivity index (χ1) is 9.72. The van der Waals surface area contributed by atoms with E-state index < -0.39 is 0 Å². The number of halogens is 1. The van der Waals surface area contributed by atoms with E-state index in [1.54, 1.807) is 17.8 Å². The Bertz CT molecular complexity index is 690. The van der Waals surface area contributed by atoms with Gasteiger partial charge in [-0.25, -0.2) is 4.39 Å². The van der Waals surface area contributed by atoms with Gasteiger partial charge in [0.25, 0.3) is 0 Å². The molecule has 0 fully saturated rings. The molecule has 1 heterocycles. The number of rotatable bonds is 4. The highest BCUT2D eigenvalue weighted by Crippen LogP contribution is 2.26. The lowest BCUT2D eigenvalue weighted by Gasteiger charge is -2.10. The Morgan fingerprint density at radius 1 is 1.10 bits per heavy atom. The van der Waals surface area contributed by atoms with Gasteiger partial charge in [-0.15, -0.1) is 11.8 Å². The van der Waals surface area contributed by atoms with E-state index in [0.717, 1.165) is 16.1 Å². The third-order valence-corrected chi connectivity index (χ3v) is 4.26. The first-order valence-electron chi connectivity index (χ1n) is 6.44. The normalized spacial score (nSPS) is 12.7. The SMILES string of the molecule is NC(CSc1cc2ccccc2[nH]1)c1cccc(F)c1. The molecule has 1 aromatic heterocycles. The first kappa shape index (κ1) is 13.2. The zero-order chi connectivity index (χ0) is 13.9. The number of nitrogens with one attached hydrogen (secondary N) is 1. The zero-order valence-corrected chi connectivity index (χ0v) is 11.7. The molecule has 102 valence electrons. The van der Waals surface area contributed by atoms with Crippen LogP contribution in [0.5, 0.6) is 0 Å². The van der Waals surface area contributed by atoms with Crippen LogP contribution in [-0.4, -0.2) is 10.7 Å². The highest BCUT2D eigenvalue weighted by molar-refractivity contribution is 7.99. The van der Waals surface area contributed by atoms with Crippen molar-refractivity contribution in [2.45, 2.75) is 11.1 Å². The van der Waals surface area contributed by atoms with E-state index in [9.17, 15) is 4.39 Å². The molecule has 1 unspecified atom stereocenters. The summed E-state index contributed by atoms with van der Waals surface area (Å²) in [5, 5.41) is 2.27. The highest BCUT2D eigenvalue weighted by Gasteiger charge is 2.09. The van der Waals surface area contributed by atoms with Crippen LogP contribution in [0.4, 0.5) is 4.39 Å². The van der Waals surface area contributed by atoms with Crippen molar-refractivity contribution >= 4 is 22.7 Å². The van der Waals surface area contributed by atoms with E-state index in [-0.39, 0.29) is 11.9 Å². The van der Waals surface area contributed by atoms with Gasteiger partial charge in [-0.1, -0.05) is 30.3 Å². The second-order valence-electron chi connectivity index (χ2n) is 4.69. The van der Waals surface area contributed by atoms with Gasteiger partial charge in [0.1, 0.15) is 5.82 Å². The van der Waals surface area contributed by atoms with Crippen molar-refractivity contribution in [2.75, 3.05) is 5.75 Å². The molecular formula is C16H15FN2S. The van der Waals surface area contributed by atoms with Gasteiger partial charge in [-0.2, -0.15) is 0 Å². The molecule has 0 saturated carbocycles. The smallest absolute Gasteiger partial charge is 0.123 e. The predicted octanol–water partition coefficient (Wildman–Crippen LogP) is 4.10. The summed E-state index contributed by atoms with van der Waals surface area (Å²) in [4.78, 5) is 3.35. The van der Waals surface area contributed by atoms with Gasteiger partial charge in [0.15, 0.2) is 0 Å². The van der Waals surface area contributed by atoms with Crippen LogP contribution in [0.15, 0.2) is 59.6 Å². The molecule has 3 aromatic rings. The second-order valence-corrected chi connectivity index (χ2v) is 5.76. The molecule has 1 atom stereocenters. The average Bonchev–Trinajstić information content (AvgIpc) is 2.87. The molecule has 3 N–H and O–H groups in total. The maximum absolute atomic E-state index is 13.2. The Balaban J connectivity index is 1.69. The van der Waals surface area contributed by atoms with Gasteiger partial charge in [-0.3, -0.25) is 0 Å². The van der Waals surface area contributed by atoms with Crippen LogP contribution in [0.3, 0.4) is 0 Å². The molecule has 0 amide bonds. The number of benzene rings is 2. The molecule has 4 heteroatoms. The maximum atomic E-state index is 13.2. The highest BCUT2D eigenvalue weighted by atomic mass is 32.2. The number of nitrogens with two attached hydrogens (primary N) is 1. The molecule has 0 aliphatic carbocycles. The van der Waals surface area contributed by atoms with E-state index >= 15 is 0 Å². The van der Waals surface area contributed by atoms with Crippen molar-refractivity contribution in [3.63, 3.8) is 0 Å². The minimum atomic E-state index is -0.242. The third kappa shape index (κ3) is 2.86. The third-order valence-electron chi connectivity index (χ3n) is 3.20. The van der Waals surface area contributed by atoms with Gasteiger partial charge in [0.2, 0.25) is 0 Å². The number of thioether (sulfide) groups is 1. The van der Waals surface area contributed by atoms with Crippen molar-refractivity contribution in [3.05, 3.63) is 66.0 Å². The zero-order valence-electron chi connectivity index (χ0n) is 10.8. The quantitative estimate of drug-likeness (QED) is 0.709. The topological polar surface area (TPSA) is 41.8 Å². The Kier molecular flexibility index (Phi) is 3.76. The largest absolute Gasteiger partial charge is 0.350 e. The fourth-order valence-electron chi connectivity index (χ4n) is 2.14. The van der Waals surface area contributed by atoms with E-state index in [1.807, 2.05) is 24.3 Å². The lowest BCUT2D eigenvalue weighted by molar-refractivity contribution is 0.622. The summed E-state index contributed by atoms with van der Waals surface area (Å²) >= 11 is 1.65. The van der Waals surface area contributed by atoms with Gasteiger partial charge in [0, 0.05) is 22.7 Å². The summed E-state index contributed by atoms with van der Waals surface area (Å²) in [6.45, 7) is 0. The van der Waals surface area contributed by atoms with Crippen LogP contribution < -0.4 is 5.73 Å². The fraction of sp³-hybridized carbons (Fsp3) is 0.125. The van der Waals surface area contributed by atoms with Crippen LogP contribution in [0, 0.1) is 5.82 Å². The molecule has 0 aliphatic heterocycles. The summed E-state index contributed by atoms with van der Waals surface area (Å²) in [6.07, 6.45) is 0. The van der Waals surface area contributed by atoms with Crippen LogP contribution in [0.25, 0.3) is 10.9 Å². The molecule has 0 saturated heterocycles. The van der Waals surface area contributed by atoms with E-state index in [4.69, 9.17) is 5.73 Å². The van der Waals surface area contributed by atoms with Crippen molar-refractivity contribution in [2.24, 2.45) is 5.73 Å². The molecule has 0 spiro atoms. The van der Waals surface area contributed by atoms with Crippen molar-refractivity contribution in [1.82, 2.24) is 4.98 Å². The Hall–Kier alpha value is -1.78. The number of fused-ring (bicyclic) bond motifs is 1. The number of H-pyrrole nitrogens is 1. The van der Waals surface area contributed by atoms with Gasteiger partial charge in [-0.05, 0) is 29.8 Å². The second kappa shape index (κ2) is 5.69. The molecule has 0 aliphatic rings. The molecule has 3 rings (SSSR count). The lowest BCUT2D eigenvalue weighted by atomic mass is 10.1. The van der Waals surface area contributed by atoms with E-state index in [0.29, 0.717) is 5.75 Å². The fourth-order valence-corrected chi connectivity index (χ4v) is 3.08. The first-order valence-corrected chi connectivity index (χ1v) is 7.42. The van der Waals surface area contributed by atoms with E-state index in [1.165, 1.54) is 17.5 Å². The molecular weight excluding hydrogens is 271 g/mol. The molecule has 0 radical (unpaired) electrons. The summed E-state index contributed by atoms with van der Waals surface area (Å²) in [7, 11) is 0. The maximum Gasteiger partial charge on any atom is 0.123 e. The van der Waals surface area contributed by atoms with E-state index in [2.05, 4.69) is 17.1 Å². The van der Waals surface area contributed by atoms with Crippen molar-refractivity contribution in [1.29, 1.82) is 0 Å². The minimum Gasteiger partial charge on any atom is -0.350 e. The van der Waals surface area contributed by atoms with Crippen molar-refractivity contribution in [3.8, 4) is 0 Å². The predicted molar refractivity (Wildman–Crippen MR) is 82.4 cm³/mol. The molecule has 0 bridgehead atoms. The van der Waals surface area contributed by atoms with Crippen LogP contribution in [0.2, 0.25) is 0 Å². The monoisotopic (exact) mass is 286 g/mol. The number of para-hydroxylation sites is 1. The van der Waals surface area contributed by atoms with Gasteiger partial charge >= 0.3 is 0 Å². The lowest BCUT2D eigenvalue weighted by Crippen LogP contribution is -2.13. The van der Waals surface area contributed by atoms with Crippen LogP contribution in [-0.2, 0) is 0 Å². The van der Waals surface area contributed by atoms with Crippen LogP contribution in [0.1, 0.15) is 11.6 Å². The Morgan fingerprint density at radius 2 is 1.95 bits per heavy atom. The average molecular weight is 286 g/mol. The summed E-state index contributed by atoms with van der Waals surface area (Å²) in [5.74, 6) is 0.463. The summed E-state index contributed by atoms with van der Waals surface area (Å²) in [5.41, 5.74) is 8.05. The van der Waals surface area contributed by atoms with Gasteiger partial charge < -0.3 is 10.7 Å². The molecule has 2 aromatic carbocycles. The number of hydrogen-bond donors (Lipinski definition) is 2. The van der Waals surface area contributed by atoms with Crippen LogP contribution >= 0.6 is 11.8 Å². The van der Waals surface area contributed by atoms with Gasteiger partial charge in [0.05, 0.1) is 5.03 Å². The summed E-state index contributed by atoms with van der Waals surface area (Å²) < 4.78 is 13.2. The molecule has 20 heavy (non-hydrogen) atoms. The summed E-state index contributed by atoms with van der Waals surface area (Å²) in [6, 6.07) is 16.6. The Morgan fingerprint density at radius 3 is 2.75 bits per heavy atom. The Labute approximate surface area is 121 Å². The van der Waals surface area contributed by atoms with Crippen molar-refractivity contribution < 1.29 is 4.39 Å². The standard InChI is InChI=1S/C16H15FN2S/c17-13-6-3-5-11(8-13)14(18)10-20-16-9-12-4-1-2-7-15(12)19-16/h1-9,14,19H,10,18H2.